The third-order valence-corrected chi connectivity index (χ3v) is 4.27. The number of aryl methyl sites for hydroxylation is 1. The number of hydrogen-bond donors (Lipinski definition) is 0. The number of rotatable bonds is 6. The summed E-state index contributed by atoms with van der Waals surface area (Å²) in [6.45, 7) is 3.11. The molecule has 0 amide bonds. The molecule has 0 aliphatic heterocycles. The molecule has 3 aromatic heterocycles. The van der Waals surface area contributed by atoms with Crippen molar-refractivity contribution in [2.75, 3.05) is 13.7 Å². The minimum absolute atomic E-state index is 0.488. The van der Waals surface area contributed by atoms with Gasteiger partial charge >= 0.3 is 0 Å². The SMILES string of the molecule is COCCc1nc(Cn2ccnc2-c2ccc(C)c3ncccc23)no1. The Hall–Kier alpha value is -3.06. The molecule has 0 saturated carbocycles. The molecule has 0 bridgehead atoms. The van der Waals surface area contributed by atoms with Gasteiger partial charge in [0.25, 0.3) is 0 Å². The summed E-state index contributed by atoms with van der Waals surface area (Å²) in [6.07, 6.45) is 6.12. The summed E-state index contributed by atoms with van der Waals surface area (Å²) >= 11 is 0. The van der Waals surface area contributed by atoms with E-state index in [4.69, 9.17) is 9.26 Å². The molecule has 3 heterocycles. The topological polar surface area (TPSA) is 78.9 Å². The minimum atomic E-state index is 0.488. The van der Waals surface area contributed by atoms with Crippen LogP contribution in [-0.4, -0.2) is 38.4 Å². The fourth-order valence-electron chi connectivity index (χ4n) is 2.99. The van der Waals surface area contributed by atoms with E-state index in [0.29, 0.717) is 31.3 Å². The quantitative estimate of drug-likeness (QED) is 0.532. The molecule has 4 rings (SSSR count). The molecule has 26 heavy (non-hydrogen) atoms. The zero-order valence-electron chi connectivity index (χ0n) is 14.7. The van der Waals surface area contributed by atoms with Crippen molar-refractivity contribution in [2.24, 2.45) is 0 Å². The van der Waals surface area contributed by atoms with Crippen molar-refractivity contribution >= 4 is 10.9 Å². The van der Waals surface area contributed by atoms with Crippen LogP contribution in [0.3, 0.4) is 0 Å². The smallest absolute Gasteiger partial charge is 0.229 e. The number of pyridine rings is 1. The third kappa shape index (κ3) is 3.09. The Morgan fingerprint density at radius 2 is 2.08 bits per heavy atom. The largest absolute Gasteiger partial charge is 0.384 e. The molecule has 0 spiro atoms. The molecule has 0 N–H and O–H groups in total. The molecule has 7 nitrogen and oxygen atoms in total. The molecule has 132 valence electrons. The minimum Gasteiger partial charge on any atom is -0.384 e. The van der Waals surface area contributed by atoms with Crippen molar-refractivity contribution in [1.29, 1.82) is 0 Å². The number of aromatic nitrogens is 5. The van der Waals surface area contributed by atoms with Crippen LogP contribution >= 0.6 is 0 Å². The number of methoxy groups -OCH3 is 1. The number of nitrogens with zero attached hydrogens (tertiary/aromatic N) is 5. The van der Waals surface area contributed by atoms with Crippen molar-refractivity contribution in [3.63, 3.8) is 0 Å². The zero-order valence-corrected chi connectivity index (χ0v) is 14.7. The summed E-state index contributed by atoms with van der Waals surface area (Å²) in [4.78, 5) is 13.5. The van der Waals surface area contributed by atoms with Gasteiger partial charge in [-0.15, -0.1) is 0 Å². The average Bonchev–Trinajstić information content (AvgIpc) is 3.31. The second-order valence-electron chi connectivity index (χ2n) is 6.06. The number of ether oxygens (including phenoxy) is 1. The van der Waals surface area contributed by atoms with Gasteiger partial charge in [0.2, 0.25) is 5.89 Å². The van der Waals surface area contributed by atoms with Gasteiger partial charge in [0, 0.05) is 36.7 Å². The lowest BCUT2D eigenvalue weighted by atomic mass is 10.0. The number of imidazole rings is 1. The van der Waals surface area contributed by atoms with Gasteiger partial charge in [-0.3, -0.25) is 4.98 Å². The fraction of sp³-hybridized carbons (Fsp3) is 0.263. The molecule has 0 atom stereocenters. The van der Waals surface area contributed by atoms with E-state index in [1.54, 1.807) is 13.3 Å². The Bertz CT molecular complexity index is 1040. The van der Waals surface area contributed by atoms with E-state index < -0.39 is 0 Å². The van der Waals surface area contributed by atoms with Gasteiger partial charge in [-0.25, -0.2) is 4.98 Å². The summed E-state index contributed by atoms with van der Waals surface area (Å²) < 4.78 is 12.3. The van der Waals surface area contributed by atoms with Crippen LogP contribution in [0, 0.1) is 6.92 Å². The second kappa shape index (κ2) is 7.05. The molecule has 0 aliphatic rings. The summed E-state index contributed by atoms with van der Waals surface area (Å²) in [5, 5.41) is 5.13. The van der Waals surface area contributed by atoms with E-state index in [1.807, 2.05) is 23.0 Å². The van der Waals surface area contributed by atoms with Crippen LogP contribution in [0.15, 0.2) is 47.4 Å². The highest BCUT2D eigenvalue weighted by Crippen LogP contribution is 2.28. The fourth-order valence-corrected chi connectivity index (χ4v) is 2.99. The molecule has 0 aliphatic carbocycles. The number of benzene rings is 1. The molecular weight excluding hydrogens is 330 g/mol. The van der Waals surface area contributed by atoms with Crippen LogP contribution in [0.4, 0.5) is 0 Å². The Morgan fingerprint density at radius 1 is 1.15 bits per heavy atom. The van der Waals surface area contributed by atoms with E-state index in [9.17, 15) is 0 Å². The molecular formula is C19H19N5O2. The maximum atomic E-state index is 5.26. The Kier molecular flexibility index (Phi) is 4.45. The van der Waals surface area contributed by atoms with Gasteiger partial charge < -0.3 is 13.8 Å². The monoisotopic (exact) mass is 349 g/mol. The zero-order chi connectivity index (χ0) is 17.9. The highest BCUT2D eigenvalue weighted by atomic mass is 16.5. The van der Waals surface area contributed by atoms with Crippen molar-refractivity contribution < 1.29 is 9.26 Å². The van der Waals surface area contributed by atoms with Gasteiger partial charge in [-0.05, 0) is 18.6 Å². The summed E-state index contributed by atoms with van der Waals surface area (Å²) in [7, 11) is 1.65. The second-order valence-corrected chi connectivity index (χ2v) is 6.06. The molecule has 1 aromatic carbocycles. The van der Waals surface area contributed by atoms with E-state index in [2.05, 4.69) is 45.2 Å². The average molecular weight is 349 g/mol. The first kappa shape index (κ1) is 16.4. The molecule has 0 saturated heterocycles. The lowest BCUT2D eigenvalue weighted by molar-refractivity contribution is 0.192. The van der Waals surface area contributed by atoms with Gasteiger partial charge in [0.1, 0.15) is 5.82 Å². The highest BCUT2D eigenvalue weighted by molar-refractivity contribution is 5.94. The van der Waals surface area contributed by atoms with E-state index in [-0.39, 0.29) is 0 Å². The first-order valence-electron chi connectivity index (χ1n) is 8.42. The summed E-state index contributed by atoms with van der Waals surface area (Å²) in [6, 6.07) is 8.17. The predicted molar refractivity (Wildman–Crippen MR) is 96.7 cm³/mol. The summed E-state index contributed by atoms with van der Waals surface area (Å²) in [5.41, 5.74) is 3.16. The first-order valence-corrected chi connectivity index (χ1v) is 8.42. The van der Waals surface area contributed by atoms with Gasteiger partial charge in [-0.1, -0.05) is 23.4 Å². The van der Waals surface area contributed by atoms with Crippen LogP contribution < -0.4 is 0 Å². The van der Waals surface area contributed by atoms with Crippen LogP contribution in [0.5, 0.6) is 0 Å². The number of hydrogen-bond acceptors (Lipinski definition) is 6. The molecule has 0 unspecified atom stereocenters. The predicted octanol–water partition coefficient (Wildman–Crippen LogP) is 3.03. The lowest BCUT2D eigenvalue weighted by Crippen LogP contribution is -2.04. The van der Waals surface area contributed by atoms with Crippen molar-refractivity contribution in [3.8, 4) is 11.4 Å². The van der Waals surface area contributed by atoms with Crippen LogP contribution in [-0.2, 0) is 17.7 Å². The van der Waals surface area contributed by atoms with E-state index in [0.717, 1.165) is 27.9 Å². The van der Waals surface area contributed by atoms with Crippen LogP contribution in [0.25, 0.3) is 22.3 Å². The van der Waals surface area contributed by atoms with Crippen molar-refractivity contribution in [3.05, 3.63) is 60.1 Å². The Labute approximate surface area is 150 Å². The van der Waals surface area contributed by atoms with Crippen LogP contribution in [0.1, 0.15) is 17.3 Å². The van der Waals surface area contributed by atoms with E-state index in [1.165, 1.54) is 0 Å². The molecule has 0 fully saturated rings. The van der Waals surface area contributed by atoms with Crippen molar-refractivity contribution in [2.45, 2.75) is 19.9 Å². The third-order valence-electron chi connectivity index (χ3n) is 4.27. The van der Waals surface area contributed by atoms with E-state index >= 15 is 0 Å². The lowest BCUT2D eigenvalue weighted by Gasteiger charge is -2.10. The van der Waals surface area contributed by atoms with Gasteiger partial charge in [0.15, 0.2) is 5.82 Å². The molecule has 7 heteroatoms. The maximum absolute atomic E-state index is 5.26. The standard InChI is InChI=1S/C19H19N5O2/c1-13-5-6-15(14-4-3-8-20-18(13)14)19-21-9-10-24(19)12-16-22-17(26-23-16)7-11-25-2/h3-6,8-10H,7,11-12H2,1-2H3. The summed E-state index contributed by atoms with van der Waals surface area (Å²) in [5.74, 6) is 2.05. The Balaban J connectivity index is 1.68. The molecule has 0 radical (unpaired) electrons. The first-order chi connectivity index (χ1) is 12.8. The van der Waals surface area contributed by atoms with Crippen molar-refractivity contribution in [1.82, 2.24) is 24.7 Å². The van der Waals surface area contributed by atoms with Gasteiger partial charge in [0.05, 0.1) is 25.1 Å². The van der Waals surface area contributed by atoms with Crippen LogP contribution in [0.2, 0.25) is 0 Å². The number of fused-ring (bicyclic) bond motifs is 1. The molecule has 4 aromatic rings. The normalized spacial score (nSPS) is 11.3. The van der Waals surface area contributed by atoms with Gasteiger partial charge in [-0.2, -0.15) is 4.98 Å². The Morgan fingerprint density at radius 3 is 2.96 bits per heavy atom. The maximum Gasteiger partial charge on any atom is 0.229 e. The highest BCUT2D eigenvalue weighted by Gasteiger charge is 2.14.